The van der Waals surface area contributed by atoms with Crippen molar-refractivity contribution >= 4 is 11.6 Å². The summed E-state index contributed by atoms with van der Waals surface area (Å²) in [6.45, 7) is 0. The summed E-state index contributed by atoms with van der Waals surface area (Å²) in [5, 5.41) is 6.51. The largest absolute Gasteiger partial charge is 0.365 e. The minimum absolute atomic E-state index is 0.0597. The molecular formula is C21H23FN2O. The van der Waals surface area contributed by atoms with Crippen molar-refractivity contribution in [2.24, 2.45) is 11.8 Å². The van der Waals surface area contributed by atoms with Gasteiger partial charge in [-0.2, -0.15) is 0 Å². The Morgan fingerprint density at radius 1 is 0.960 bits per heavy atom. The van der Waals surface area contributed by atoms with Crippen LogP contribution in [0.4, 0.5) is 10.1 Å². The van der Waals surface area contributed by atoms with Gasteiger partial charge in [0.2, 0.25) is 5.91 Å². The molecule has 1 aliphatic heterocycles. The van der Waals surface area contributed by atoms with Gasteiger partial charge in [0, 0.05) is 11.6 Å². The van der Waals surface area contributed by atoms with Gasteiger partial charge in [-0.3, -0.25) is 4.79 Å². The van der Waals surface area contributed by atoms with Crippen molar-refractivity contribution in [3.8, 4) is 0 Å². The summed E-state index contributed by atoms with van der Waals surface area (Å²) in [6.07, 6.45) is 3.43. The summed E-state index contributed by atoms with van der Waals surface area (Å²) >= 11 is 0. The normalized spacial score (nSPS) is 28.8. The number of rotatable bonds is 3. The molecule has 3 nitrogen and oxygen atoms in total. The number of hydrogen-bond acceptors (Lipinski definition) is 2. The number of halogens is 1. The highest BCUT2D eigenvalue weighted by molar-refractivity contribution is 5.80. The molecule has 2 aliphatic rings. The number of amides is 1. The maximum atomic E-state index is 14.1. The van der Waals surface area contributed by atoms with Crippen LogP contribution in [0.1, 0.15) is 37.2 Å². The van der Waals surface area contributed by atoms with E-state index in [9.17, 15) is 9.18 Å². The van der Waals surface area contributed by atoms with E-state index in [1.807, 2.05) is 42.5 Å². The summed E-state index contributed by atoms with van der Waals surface area (Å²) in [7, 11) is 0. The number of carbonyl (C=O) groups is 1. The summed E-state index contributed by atoms with van der Waals surface area (Å²) in [6, 6.07) is 17.0. The van der Waals surface area contributed by atoms with E-state index >= 15 is 0 Å². The molecule has 25 heavy (non-hydrogen) atoms. The van der Waals surface area contributed by atoms with Gasteiger partial charge in [0.15, 0.2) is 0 Å². The monoisotopic (exact) mass is 338 g/mol. The molecule has 4 atom stereocenters. The zero-order valence-electron chi connectivity index (χ0n) is 14.1. The van der Waals surface area contributed by atoms with Gasteiger partial charge >= 0.3 is 0 Å². The molecule has 0 spiro atoms. The van der Waals surface area contributed by atoms with E-state index in [0.29, 0.717) is 5.92 Å². The Balaban J connectivity index is 1.48. The highest BCUT2D eigenvalue weighted by Gasteiger charge is 2.41. The number of para-hydroxylation sites is 1. The Bertz CT molecular complexity index is 749. The van der Waals surface area contributed by atoms with Crippen LogP contribution < -0.4 is 10.6 Å². The maximum absolute atomic E-state index is 14.1. The van der Waals surface area contributed by atoms with Crippen molar-refractivity contribution < 1.29 is 9.18 Å². The predicted octanol–water partition coefficient (Wildman–Crippen LogP) is 4.28. The van der Waals surface area contributed by atoms with Gasteiger partial charge in [-0.25, -0.2) is 4.39 Å². The first kappa shape index (κ1) is 16.1. The lowest BCUT2D eigenvalue weighted by Crippen LogP contribution is -2.53. The fourth-order valence-corrected chi connectivity index (χ4v) is 4.43. The molecule has 1 amide bonds. The number of hydrogen-bond donors (Lipinski definition) is 2. The van der Waals surface area contributed by atoms with Crippen molar-refractivity contribution in [2.75, 3.05) is 5.32 Å². The standard InChI is InChI=1S/C21H23FN2O/c22-19-9-5-4-8-17(19)14-10-11-18-15(12-14)13-20(24-21(18)25)23-16-6-2-1-3-7-16/h1-9,14-15,18,20,23H,10-13H2,(H,24,25). The molecule has 0 bridgehead atoms. The Hall–Kier alpha value is -2.36. The molecule has 4 unspecified atom stereocenters. The second kappa shape index (κ2) is 6.87. The minimum Gasteiger partial charge on any atom is -0.365 e. The summed E-state index contributed by atoms with van der Waals surface area (Å²) in [5.41, 5.74) is 1.81. The molecule has 2 fully saturated rings. The third-order valence-electron chi connectivity index (χ3n) is 5.63. The molecule has 0 radical (unpaired) electrons. The SMILES string of the molecule is O=C1NC(Nc2ccccc2)CC2CC(c3ccccc3F)CCC12. The molecule has 0 aromatic heterocycles. The van der Waals surface area contributed by atoms with Crippen LogP contribution in [0, 0.1) is 17.7 Å². The summed E-state index contributed by atoms with van der Waals surface area (Å²) < 4.78 is 14.1. The second-order valence-electron chi connectivity index (χ2n) is 7.21. The van der Waals surface area contributed by atoms with E-state index < -0.39 is 0 Å². The first-order chi connectivity index (χ1) is 12.2. The van der Waals surface area contributed by atoms with Crippen LogP contribution >= 0.6 is 0 Å². The van der Waals surface area contributed by atoms with Crippen LogP contribution in [-0.4, -0.2) is 12.1 Å². The van der Waals surface area contributed by atoms with Crippen LogP contribution in [0.25, 0.3) is 0 Å². The predicted molar refractivity (Wildman–Crippen MR) is 96.6 cm³/mol. The average molecular weight is 338 g/mol. The number of carbonyl (C=O) groups excluding carboxylic acids is 1. The quantitative estimate of drug-likeness (QED) is 0.877. The average Bonchev–Trinajstić information content (AvgIpc) is 2.62. The molecule has 1 aliphatic carbocycles. The van der Waals surface area contributed by atoms with Crippen LogP contribution in [0.3, 0.4) is 0 Å². The molecule has 1 heterocycles. The van der Waals surface area contributed by atoms with Crippen molar-refractivity contribution in [3.05, 3.63) is 66.0 Å². The smallest absolute Gasteiger partial charge is 0.224 e. The van der Waals surface area contributed by atoms with Crippen molar-refractivity contribution in [1.29, 1.82) is 0 Å². The molecule has 2 aromatic carbocycles. The van der Waals surface area contributed by atoms with Gasteiger partial charge < -0.3 is 10.6 Å². The summed E-state index contributed by atoms with van der Waals surface area (Å²) in [5.74, 6) is 0.595. The minimum atomic E-state index is -0.120. The van der Waals surface area contributed by atoms with E-state index in [1.54, 1.807) is 6.07 Å². The van der Waals surface area contributed by atoms with Crippen molar-refractivity contribution in [2.45, 2.75) is 37.8 Å². The number of anilines is 1. The molecular weight excluding hydrogens is 315 g/mol. The highest BCUT2D eigenvalue weighted by atomic mass is 19.1. The molecule has 4 rings (SSSR count). The number of piperidine rings is 1. The fraction of sp³-hybridized carbons (Fsp3) is 0.381. The second-order valence-corrected chi connectivity index (χ2v) is 7.21. The lowest BCUT2D eigenvalue weighted by molar-refractivity contribution is -0.131. The molecule has 2 N–H and O–H groups in total. The van der Waals surface area contributed by atoms with E-state index in [4.69, 9.17) is 0 Å². The van der Waals surface area contributed by atoms with Crippen LogP contribution in [0.15, 0.2) is 54.6 Å². The molecule has 4 heteroatoms. The van der Waals surface area contributed by atoms with Crippen molar-refractivity contribution in [3.63, 3.8) is 0 Å². The van der Waals surface area contributed by atoms with Gasteiger partial charge in [-0.1, -0.05) is 36.4 Å². The van der Waals surface area contributed by atoms with E-state index in [1.165, 1.54) is 6.07 Å². The summed E-state index contributed by atoms with van der Waals surface area (Å²) in [4.78, 5) is 12.5. The Kier molecular flexibility index (Phi) is 4.43. The van der Waals surface area contributed by atoms with E-state index in [-0.39, 0.29) is 29.7 Å². The van der Waals surface area contributed by atoms with Crippen molar-refractivity contribution in [1.82, 2.24) is 5.32 Å². The zero-order valence-corrected chi connectivity index (χ0v) is 14.1. The van der Waals surface area contributed by atoms with Crippen LogP contribution in [0.5, 0.6) is 0 Å². The lowest BCUT2D eigenvalue weighted by atomic mass is 9.68. The van der Waals surface area contributed by atoms with Gasteiger partial charge in [0.1, 0.15) is 5.82 Å². The van der Waals surface area contributed by atoms with Gasteiger partial charge in [0.25, 0.3) is 0 Å². The zero-order chi connectivity index (χ0) is 17.2. The molecule has 2 aromatic rings. The van der Waals surface area contributed by atoms with Gasteiger partial charge in [-0.05, 0) is 61.3 Å². The van der Waals surface area contributed by atoms with Gasteiger partial charge in [-0.15, -0.1) is 0 Å². The Morgan fingerprint density at radius 3 is 2.52 bits per heavy atom. The lowest BCUT2D eigenvalue weighted by Gasteiger charge is -2.42. The maximum Gasteiger partial charge on any atom is 0.224 e. The van der Waals surface area contributed by atoms with Crippen LogP contribution in [-0.2, 0) is 4.79 Å². The number of benzene rings is 2. The van der Waals surface area contributed by atoms with Crippen LogP contribution in [0.2, 0.25) is 0 Å². The number of fused-ring (bicyclic) bond motifs is 1. The van der Waals surface area contributed by atoms with E-state index in [0.717, 1.165) is 36.9 Å². The molecule has 1 saturated carbocycles. The first-order valence-electron chi connectivity index (χ1n) is 9.07. The van der Waals surface area contributed by atoms with E-state index in [2.05, 4.69) is 10.6 Å². The third-order valence-corrected chi connectivity index (χ3v) is 5.63. The topological polar surface area (TPSA) is 41.1 Å². The molecule has 130 valence electrons. The number of nitrogens with one attached hydrogen (secondary N) is 2. The highest BCUT2D eigenvalue weighted by Crippen LogP contribution is 2.43. The fourth-order valence-electron chi connectivity index (χ4n) is 4.43. The third kappa shape index (κ3) is 3.39. The molecule has 1 saturated heterocycles. The first-order valence-corrected chi connectivity index (χ1v) is 9.07. The Labute approximate surface area is 147 Å². The van der Waals surface area contributed by atoms with Gasteiger partial charge in [0.05, 0.1) is 6.17 Å². The Morgan fingerprint density at radius 2 is 1.72 bits per heavy atom.